The Labute approximate surface area is 164 Å². The summed E-state index contributed by atoms with van der Waals surface area (Å²) in [5.41, 5.74) is 0.990. The minimum Gasteiger partial charge on any atom is -0.486 e. The third-order valence-electron chi connectivity index (χ3n) is 5.64. The zero-order valence-corrected chi connectivity index (χ0v) is 16.8. The number of carbonyl (C=O) groups excluding carboxylic acids is 2. The molecule has 4 rings (SSSR count). The van der Waals surface area contributed by atoms with E-state index in [0.717, 1.165) is 23.5 Å². The zero-order valence-electron chi connectivity index (χ0n) is 16.0. The summed E-state index contributed by atoms with van der Waals surface area (Å²) >= 11 is 1.71. The second kappa shape index (κ2) is 6.93. The summed E-state index contributed by atoms with van der Waals surface area (Å²) in [5, 5.41) is 3.19. The first kappa shape index (κ1) is 18.5. The molecule has 3 heterocycles. The van der Waals surface area contributed by atoms with Crippen LogP contribution in [0.15, 0.2) is 18.2 Å². The largest absolute Gasteiger partial charge is 0.486 e. The van der Waals surface area contributed by atoms with Crippen LogP contribution in [0.2, 0.25) is 0 Å². The first-order valence-electron chi connectivity index (χ1n) is 9.55. The summed E-state index contributed by atoms with van der Waals surface area (Å²) in [4.78, 5) is 27.0. The van der Waals surface area contributed by atoms with Gasteiger partial charge in [0.05, 0.1) is 10.9 Å². The maximum absolute atomic E-state index is 13.1. The van der Waals surface area contributed by atoms with E-state index in [4.69, 9.17) is 9.47 Å². The molecule has 0 saturated carbocycles. The highest BCUT2D eigenvalue weighted by Crippen LogP contribution is 2.47. The van der Waals surface area contributed by atoms with Gasteiger partial charge in [-0.25, -0.2) is 0 Å². The van der Waals surface area contributed by atoms with Crippen molar-refractivity contribution in [2.24, 2.45) is 5.92 Å². The zero-order chi connectivity index (χ0) is 19.2. The molecule has 27 heavy (non-hydrogen) atoms. The summed E-state index contributed by atoms with van der Waals surface area (Å²) in [5.74, 6) is 2.33. The fraction of sp³-hybridized carbons (Fsp3) is 0.600. The second-order valence-electron chi connectivity index (χ2n) is 7.90. The molecule has 1 aromatic carbocycles. The number of hydrogen-bond donors (Lipinski definition) is 1. The Kier molecular flexibility index (Phi) is 4.74. The third-order valence-corrected chi connectivity index (χ3v) is 7.14. The summed E-state index contributed by atoms with van der Waals surface area (Å²) in [6.45, 7) is 7.31. The molecular formula is C20H26N2O4S. The maximum atomic E-state index is 13.1. The first-order chi connectivity index (χ1) is 12.9. The second-order valence-corrected chi connectivity index (χ2v) is 9.40. The van der Waals surface area contributed by atoms with Crippen LogP contribution in [0.5, 0.6) is 11.5 Å². The number of fused-ring (bicyclic) bond motifs is 2. The monoisotopic (exact) mass is 390 g/mol. The van der Waals surface area contributed by atoms with Gasteiger partial charge < -0.3 is 19.7 Å². The van der Waals surface area contributed by atoms with Crippen LogP contribution in [0.25, 0.3) is 0 Å². The van der Waals surface area contributed by atoms with Gasteiger partial charge in [0.2, 0.25) is 11.8 Å². The Morgan fingerprint density at radius 3 is 2.78 bits per heavy atom. The van der Waals surface area contributed by atoms with Crippen molar-refractivity contribution < 1.29 is 19.1 Å². The molecule has 1 N–H and O–H groups in total. The number of rotatable bonds is 4. The molecule has 3 atom stereocenters. The molecule has 0 spiro atoms. The predicted molar refractivity (Wildman–Crippen MR) is 104 cm³/mol. The van der Waals surface area contributed by atoms with E-state index in [-0.39, 0.29) is 28.6 Å². The summed E-state index contributed by atoms with van der Waals surface area (Å²) in [6, 6.07) is 5.29. The smallest absolute Gasteiger partial charge is 0.244 e. The highest BCUT2D eigenvalue weighted by molar-refractivity contribution is 8.01. The molecule has 3 aliphatic rings. The van der Waals surface area contributed by atoms with Crippen molar-refractivity contribution >= 4 is 23.6 Å². The predicted octanol–water partition coefficient (Wildman–Crippen LogP) is 2.73. The number of nitrogens with one attached hydrogen (secondary N) is 1. The van der Waals surface area contributed by atoms with Crippen molar-refractivity contribution in [1.29, 1.82) is 0 Å². The van der Waals surface area contributed by atoms with Gasteiger partial charge in [0, 0.05) is 12.2 Å². The van der Waals surface area contributed by atoms with Gasteiger partial charge in [0.1, 0.15) is 19.3 Å². The fourth-order valence-corrected chi connectivity index (χ4v) is 5.58. The Hall–Kier alpha value is -1.89. The van der Waals surface area contributed by atoms with E-state index in [2.05, 4.69) is 26.1 Å². The Balaban J connectivity index is 1.54. The standard InChI is InChI=1S/C20H26N2O4S/c1-12(2)18(13-4-5-15-16(10-13)26-9-8-25-15)21-19(24)14-11-27-20(3)7-6-17(23)22(14)20/h4-5,10,12,14,18H,6-9,11H2,1-3H3,(H,21,24)/t14-,18-,20-/m0/s1. The quantitative estimate of drug-likeness (QED) is 0.856. The SMILES string of the molecule is CC(C)[C@H](NC(=O)[C@@H]1CS[C@@]2(C)CCC(=O)N12)c1ccc2c(c1)OCCO2. The fourth-order valence-electron chi connectivity index (χ4n) is 4.15. The molecule has 0 unspecified atom stereocenters. The van der Waals surface area contributed by atoms with Crippen LogP contribution in [-0.2, 0) is 9.59 Å². The number of thioether (sulfide) groups is 1. The van der Waals surface area contributed by atoms with Crippen molar-refractivity contribution in [1.82, 2.24) is 10.2 Å². The number of carbonyl (C=O) groups is 2. The Morgan fingerprint density at radius 2 is 2.04 bits per heavy atom. The molecule has 0 aliphatic carbocycles. The van der Waals surface area contributed by atoms with Crippen molar-refractivity contribution in [2.45, 2.75) is 50.6 Å². The van der Waals surface area contributed by atoms with Crippen LogP contribution in [0.3, 0.4) is 0 Å². The molecule has 7 heteroatoms. The van der Waals surface area contributed by atoms with E-state index in [1.54, 1.807) is 16.7 Å². The average Bonchev–Trinajstić information content (AvgIpc) is 3.15. The van der Waals surface area contributed by atoms with Gasteiger partial charge >= 0.3 is 0 Å². The van der Waals surface area contributed by atoms with Gasteiger partial charge in [-0.2, -0.15) is 0 Å². The number of nitrogens with zero attached hydrogens (tertiary/aromatic N) is 1. The number of ether oxygens (including phenoxy) is 2. The molecule has 0 radical (unpaired) electrons. The molecule has 3 aliphatic heterocycles. The summed E-state index contributed by atoms with van der Waals surface area (Å²) in [7, 11) is 0. The van der Waals surface area contributed by atoms with Gasteiger partial charge in [-0.05, 0) is 37.0 Å². The van der Waals surface area contributed by atoms with Crippen molar-refractivity contribution in [2.75, 3.05) is 19.0 Å². The van der Waals surface area contributed by atoms with E-state index in [0.29, 0.717) is 25.4 Å². The number of amides is 2. The Morgan fingerprint density at radius 1 is 1.30 bits per heavy atom. The van der Waals surface area contributed by atoms with E-state index < -0.39 is 6.04 Å². The van der Waals surface area contributed by atoms with Crippen molar-refractivity contribution in [3.05, 3.63) is 23.8 Å². The lowest BCUT2D eigenvalue weighted by Gasteiger charge is -2.32. The lowest BCUT2D eigenvalue weighted by molar-refractivity contribution is -0.138. The van der Waals surface area contributed by atoms with Gasteiger partial charge in [-0.3, -0.25) is 9.59 Å². The molecule has 2 saturated heterocycles. The first-order valence-corrected chi connectivity index (χ1v) is 10.5. The lowest BCUT2D eigenvalue weighted by atomic mass is 9.95. The molecule has 146 valence electrons. The van der Waals surface area contributed by atoms with Crippen LogP contribution >= 0.6 is 11.8 Å². The van der Waals surface area contributed by atoms with Crippen LogP contribution in [-0.4, -0.2) is 46.6 Å². The van der Waals surface area contributed by atoms with E-state index >= 15 is 0 Å². The topological polar surface area (TPSA) is 67.9 Å². The minimum atomic E-state index is -0.395. The summed E-state index contributed by atoms with van der Waals surface area (Å²) in [6.07, 6.45) is 1.35. The van der Waals surface area contributed by atoms with Gasteiger partial charge in [-0.1, -0.05) is 19.9 Å². The van der Waals surface area contributed by atoms with E-state index in [1.807, 2.05) is 18.2 Å². The summed E-state index contributed by atoms with van der Waals surface area (Å²) < 4.78 is 11.3. The minimum absolute atomic E-state index is 0.0740. The number of benzene rings is 1. The molecule has 2 fully saturated rings. The van der Waals surface area contributed by atoms with E-state index in [1.165, 1.54) is 0 Å². The van der Waals surface area contributed by atoms with Crippen molar-refractivity contribution in [3.8, 4) is 11.5 Å². The maximum Gasteiger partial charge on any atom is 0.244 e. The average molecular weight is 391 g/mol. The van der Waals surface area contributed by atoms with E-state index in [9.17, 15) is 9.59 Å². The van der Waals surface area contributed by atoms with Gasteiger partial charge in [-0.15, -0.1) is 11.8 Å². The highest BCUT2D eigenvalue weighted by Gasteiger charge is 2.53. The normalized spacial score (nSPS) is 27.6. The Bertz CT molecular complexity index is 768. The molecule has 6 nitrogen and oxygen atoms in total. The van der Waals surface area contributed by atoms with Crippen LogP contribution < -0.4 is 14.8 Å². The number of hydrogen-bond acceptors (Lipinski definition) is 5. The van der Waals surface area contributed by atoms with Crippen LogP contribution in [0.1, 0.15) is 45.2 Å². The highest BCUT2D eigenvalue weighted by atomic mass is 32.2. The molecule has 1 aromatic rings. The third kappa shape index (κ3) is 3.26. The van der Waals surface area contributed by atoms with Crippen LogP contribution in [0.4, 0.5) is 0 Å². The molecule has 2 amide bonds. The van der Waals surface area contributed by atoms with Crippen molar-refractivity contribution in [3.63, 3.8) is 0 Å². The van der Waals surface area contributed by atoms with Crippen LogP contribution in [0, 0.1) is 5.92 Å². The van der Waals surface area contributed by atoms with Gasteiger partial charge in [0.25, 0.3) is 0 Å². The lowest BCUT2D eigenvalue weighted by Crippen LogP contribution is -2.51. The molecule has 0 bridgehead atoms. The molecule has 0 aromatic heterocycles. The van der Waals surface area contributed by atoms with Gasteiger partial charge in [0.15, 0.2) is 11.5 Å². The molecular weight excluding hydrogens is 364 g/mol.